The Kier molecular flexibility index (Phi) is 4.03. The fraction of sp³-hybridized carbons (Fsp3) is 0.333. The van der Waals surface area contributed by atoms with Gasteiger partial charge in [-0.3, -0.25) is 0 Å². The van der Waals surface area contributed by atoms with Gasteiger partial charge < -0.3 is 10.3 Å². The van der Waals surface area contributed by atoms with Gasteiger partial charge in [-0.1, -0.05) is 6.92 Å². The Morgan fingerprint density at radius 3 is 2.76 bits per heavy atom. The molecule has 17 heavy (non-hydrogen) atoms. The van der Waals surface area contributed by atoms with Gasteiger partial charge >= 0.3 is 0 Å². The molecule has 0 amide bonds. The first-order valence-corrected chi connectivity index (χ1v) is 6.63. The zero-order chi connectivity index (χ0) is 12.1. The van der Waals surface area contributed by atoms with Crippen molar-refractivity contribution in [2.24, 2.45) is 0 Å². The Morgan fingerprint density at radius 1 is 1.29 bits per heavy atom. The van der Waals surface area contributed by atoms with Gasteiger partial charge in [-0.25, -0.2) is 0 Å². The third-order valence-corrected chi connectivity index (χ3v) is 3.42. The summed E-state index contributed by atoms with van der Waals surface area (Å²) < 4.78 is 2.10. The molecule has 1 heterocycles. The van der Waals surface area contributed by atoms with Crippen LogP contribution in [0.25, 0.3) is 0 Å². The average molecular weight is 248 g/mol. The predicted octanol–water partition coefficient (Wildman–Crippen LogP) is 2.56. The van der Waals surface area contributed by atoms with E-state index in [0.29, 0.717) is 0 Å². The molecule has 2 rings (SSSR count). The molecule has 0 saturated heterocycles. The van der Waals surface area contributed by atoms with Crippen molar-refractivity contribution in [1.29, 1.82) is 0 Å². The smallest absolute Gasteiger partial charge is 0.143 e. The van der Waals surface area contributed by atoms with Crippen LogP contribution in [-0.4, -0.2) is 14.8 Å². The topological polar surface area (TPSA) is 56.7 Å². The lowest BCUT2D eigenvalue weighted by atomic mass is 10.3. The van der Waals surface area contributed by atoms with E-state index < -0.39 is 0 Å². The molecule has 0 bridgehead atoms. The molecule has 5 heteroatoms. The Bertz CT molecular complexity index is 464. The van der Waals surface area contributed by atoms with E-state index in [4.69, 9.17) is 5.73 Å². The highest BCUT2D eigenvalue weighted by molar-refractivity contribution is 7.98. The first-order valence-electron chi connectivity index (χ1n) is 5.64. The number of nitrogens with zero attached hydrogens (tertiary/aromatic N) is 3. The average Bonchev–Trinajstić information content (AvgIpc) is 2.77. The Balaban J connectivity index is 1.97. The number of aromatic nitrogens is 3. The number of thioether (sulfide) groups is 1. The maximum Gasteiger partial charge on any atom is 0.143 e. The maximum absolute atomic E-state index is 5.65. The summed E-state index contributed by atoms with van der Waals surface area (Å²) in [7, 11) is 0. The minimum absolute atomic E-state index is 0.795. The van der Waals surface area contributed by atoms with E-state index in [-0.39, 0.29) is 0 Å². The van der Waals surface area contributed by atoms with Crippen molar-refractivity contribution >= 4 is 17.4 Å². The van der Waals surface area contributed by atoms with Crippen molar-refractivity contribution in [3.63, 3.8) is 0 Å². The van der Waals surface area contributed by atoms with E-state index in [0.717, 1.165) is 30.2 Å². The highest BCUT2D eigenvalue weighted by Crippen LogP contribution is 2.22. The molecular formula is C12H16N4S. The van der Waals surface area contributed by atoms with E-state index in [2.05, 4.69) is 21.7 Å². The third kappa shape index (κ3) is 3.23. The number of nitrogen functional groups attached to an aromatic ring is 1. The van der Waals surface area contributed by atoms with Crippen LogP contribution >= 0.6 is 11.8 Å². The minimum atomic E-state index is 0.795. The number of rotatable bonds is 5. The van der Waals surface area contributed by atoms with Crippen LogP contribution in [0.2, 0.25) is 0 Å². The van der Waals surface area contributed by atoms with Crippen molar-refractivity contribution in [1.82, 2.24) is 14.8 Å². The minimum Gasteiger partial charge on any atom is -0.399 e. The number of hydrogen-bond donors (Lipinski definition) is 1. The molecule has 2 N–H and O–H groups in total. The van der Waals surface area contributed by atoms with Gasteiger partial charge in [0.25, 0.3) is 0 Å². The lowest BCUT2D eigenvalue weighted by Crippen LogP contribution is -2.00. The monoisotopic (exact) mass is 248 g/mol. The zero-order valence-electron chi connectivity index (χ0n) is 9.84. The first-order chi connectivity index (χ1) is 8.29. The SMILES string of the molecule is CCCn1cnnc1CSc1ccc(N)cc1. The molecule has 2 aromatic rings. The van der Waals surface area contributed by atoms with Crippen LogP contribution in [0.5, 0.6) is 0 Å². The van der Waals surface area contributed by atoms with Gasteiger partial charge in [0.2, 0.25) is 0 Å². The molecule has 0 aliphatic carbocycles. The van der Waals surface area contributed by atoms with Crippen LogP contribution in [0.1, 0.15) is 19.2 Å². The van der Waals surface area contributed by atoms with Crippen LogP contribution in [0.4, 0.5) is 5.69 Å². The molecule has 1 aromatic carbocycles. The summed E-state index contributed by atoms with van der Waals surface area (Å²) in [6, 6.07) is 7.89. The summed E-state index contributed by atoms with van der Waals surface area (Å²) in [6.07, 6.45) is 2.89. The molecule has 0 saturated carbocycles. The summed E-state index contributed by atoms with van der Waals surface area (Å²) in [5.74, 6) is 1.86. The summed E-state index contributed by atoms with van der Waals surface area (Å²) in [5.41, 5.74) is 6.44. The fourth-order valence-electron chi connectivity index (χ4n) is 1.53. The lowest BCUT2D eigenvalue weighted by molar-refractivity contribution is 0.654. The molecule has 0 radical (unpaired) electrons. The second kappa shape index (κ2) is 5.72. The van der Waals surface area contributed by atoms with E-state index >= 15 is 0 Å². The Labute approximate surface area is 105 Å². The second-order valence-electron chi connectivity index (χ2n) is 3.80. The van der Waals surface area contributed by atoms with Crippen molar-refractivity contribution in [2.75, 3.05) is 5.73 Å². The molecule has 4 nitrogen and oxygen atoms in total. The number of nitrogens with two attached hydrogens (primary N) is 1. The summed E-state index contributed by atoms with van der Waals surface area (Å²) in [4.78, 5) is 1.20. The van der Waals surface area contributed by atoms with Gasteiger partial charge in [-0.2, -0.15) is 0 Å². The van der Waals surface area contributed by atoms with E-state index in [1.54, 1.807) is 18.1 Å². The molecule has 0 fully saturated rings. The van der Waals surface area contributed by atoms with Crippen LogP contribution in [0, 0.1) is 0 Å². The van der Waals surface area contributed by atoms with Gasteiger partial charge in [0, 0.05) is 17.1 Å². The van der Waals surface area contributed by atoms with E-state index in [1.807, 2.05) is 24.3 Å². The zero-order valence-corrected chi connectivity index (χ0v) is 10.7. The Hall–Kier alpha value is -1.49. The summed E-state index contributed by atoms with van der Waals surface area (Å²) in [5, 5.41) is 8.08. The van der Waals surface area contributed by atoms with E-state index in [1.165, 1.54) is 4.90 Å². The second-order valence-corrected chi connectivity index (χ2v) is 4.85. The molecular weight excluding hydrogens is 232 g/mol. The maximum atomic E-state index is 5.65. The summed E-state index contributed by atoms with van der Waals surface area (Å²) in [6.45, 7) is 3.13. The Morgan fingerprint density at radius 2 is 2.06 bits per heavy atom. The van der Waals surface area contributed by atoms with Crippen molar-refractivity contribution in [3.8, 4) is 0 Å². The van der Waals surface area contributed by atoms with E-state index in [9.17, 15) is 0 Å². The number of aryl methyl sites for hydroxylation is 1. The van der Waals surface area contributed by atoms with Crippen LogP contribution in [0.3, 0.4) is 0 Å². The molecule has 0 spiro atoms. The highest BCUT2D eigenvalue weighted by Gasteiger charge is 2.04. The molecule has 0 atom stereocenters. The standard InChI is InChI=1S/C12H16N4S/c1-2-7-16-9-14-15-12(16)8-17-11-5-3-10(13)4-6-11/h3-6,9H,2,7-8,13H2,1H3. The van der Waals surface area contributed by atoms with Gasteiger partial charge in [-0.05, 0) is 30.7 Å². The lowest BCUT2D eigenvalue weighted by Gasteiger charge is -2.04. The molecule has 90 valence electrons. The van der Waals surface area contributed by atoms with Crippen molar-refractivity contribution in [2.45, 2.75) is 30.5 Å². The van der Waals surface area contributed by atoms with Crippen LogP contribution in [0.15, 0.2) is 35.5 Å². The third-order valence-electron chi connectivity index (χ3n) is 2.41. The highest BCUT2D eigenvalue weighted by atomic mass is 32.2. The van der Waals surface area contributed by atoms with Gasteiger partial charge in [0.15, 0.2) is 0 Å². The quantitative estimate of drug-likeness (QED) is 0.652. The normalized spacial score (nSPS) is 10.6. The first kappa shape index (κ1) is 12.0. The van der Waals surface area contributed by atoms with Gasteiger partial charge in [0.1, 0.15) is 12.2 Å². The molecule has 1 aromatic heterocycles. The van der Waals surface area contributed by atoms with Crippen LogP contribution < -0.4 is 5.73 Å². The molecule has 0 aliphatic heterocycles. The number of anilines is 1. The number of benzene rings is 1. The van der Waals surface area contributed by atoms with Crippen molar-refractivity contribution in [3.05, 3.63) is 36.4 Å². The van der Waals surface area contributed by atoms with Gasteiger partial charge in [-0.15, -0.1) is 22.0 Å². The summed E-state index contributed by atoms with van der Waals surface area (Å²) >= 11 is 1.75. The van der Waals surface area contributed by atoms with Gasteiger partial charge in [0.05, 0.1) is 5.75 Å². The number of hydrogen-bond acceptors (Lipinski definition) is 4. The fourth-order valence-corrected chi connectivity index (χ4v) is 2.38. The predicted molar refractivity (Wildman–Crippen MR) is 70.7 cm³/mol. The van der Waals surface area contributed by atoms with Crippen molar-refractivity contribution < 1.29 is 0 Å². The van der Waals surface area contributed by atoms with Crippen LogP contribution in [-0.2, 0) is 12.3 Å². The largest absolute Gasteiger partial charge is 0.399 e. The molecule has 0 unspecified atom stereocenters. The molecule has 0 aliphatic rings.